The Morgan fingerprint density at radius 1 is 1.39 bits per heavy atom. The average molecular weight is 247 g/mol. The molecule has 1 aromatic heterocycles. The van der Waals surface area contributed by atoms with Crippen LogP contribution >= 0.6 is 0 Å². The van der Waals surface area contributed by atoms with Gasteiger partial charge in [0.2, 0.25) is 0 Å². The largest absolute Gasteiger partial charge is 0.316 e. The summed E-state index contributed by atoms with van der Waals surface area (Å²) < 4.78 is 2.00. The quantitative estimate of drug-likeness (QED) is 0.832. The van der Waals surface area contributed by atoms with Gasteiger partial charge in [0.25, 0.3) is 5.56 Å². The second-order valence-corrected chi connectivity index (χ2v) is 5.93. The van der Waals surface area contributed by atoms with Crippen LogP contribution < -0.4 is 10.9 Å². The molecule has 0 aromatic carbocycles. The summed E-state index contributed by atoms with van der Waals surface area (Å²) in [6.45, 7) is 3.80. The van der Waals surface area contributed by atoms with E-state index in [9.17, 15) is 4.79 Å². The Balaban J connectivity index is 2.02. The zero-order valence-corrected chi connectivity index (χ0v) is 11.1. The van der Waals surface area contributed by atoms with Crippen LogP contribution in [-0.4, -0.2) is 36.7 Å². The lowest BCUT2D eigenvalue weighted by Gasteiger charge is -2.37. The smallest absolute Gasteiger partial charge is 0.251 e. The van der Waals surface area contributed by atoms with Crippen molar-refractivity contribution in [2.75, 3.05) is 27.2 Å². The fraction of sp³-hybridized carbons (Fsp3) is 0.643. The molecule has 0 amide bonds. The molecule has 18 heavy (non-hydrogen) atoms. The summed E-state index contributed by atoms with van der Waals surface area (Å²) in [5.41, 5.74) is 2.56. The van der Waals surface area contributed by atoms with E-state index in [1.807, 2.05) is 18.7 Å². The highest BCUT2D eigenvalue weighted by Gasteiger charge is 2.30. The molecule has 0 radical (unpaired) electrons. The van der Waals surface area contributed by atoms with Crippen molar-refractivity contribution < 1.29 is 0 Å². The van der Waals surface area contributed by atoms with E-state index in [2.05, 4.69) is 16.3 Å². The summed E-state index contributed by atoms with van der Waals surface area (Å²) in [6, 6.07) is 4.03. The van der Waals surface area contributed by atoms with Crippen LogP contribution in [0.2, 0.25) is 0 Å². The van der Waals surface area contributed by atoms with Crippen molar-refractivity contribution in [2.45, 2.75) is 25.4 Å². The third-order valence-electron chi connectivity index (χ3n) is 4.02. The Labute approximate surface area is 108 Å². The molecular weight excluding hydrogens is 226 g/mol. The van der Waals surface area contributed by atoms with Gasteiger partial charge in [-0.2, -0.15) is 0 Å². The molecule has 1 fully saturated rings. The number of piperidine rings is 1. The standard InChI is InChI=1S/C14H21N3O/c1-16(2)8-10-4-13-12-3-11(6-15-7-12)9-17(13)14(18)5-10/h4-5,11-12,15H,3,6-9H2,1-2H3/t11-,12+/m0/s1. The van der Waals surface area contributed by atoms with Crippen molar-refractivity contribution in [3.8, 4) is 0 Å². The molecule has 2 aliphatic rings. The van der Waals surface area contributed by atoms with Gasteiger partial charge in [-0.05, 0) is 44.6 Å². The van der Waals surface area contributed by atoms with Crippen molar-refractivity contribution in [1.29, 1.82) is 0 Å². The average Bonchev–Trinajstić information content (AvgIpc) is 2.31. The summed E-state index contributed by atoms with van der Waals surface area (Å²) in [7, 11) is 4.07. The molecule has 4 nitrogen and oxygen atoms in total. The molecule has 2 bridgehead atoms. The van der Waals surface area contributed by atoms with Crippen LogP contribution in [0.1, 0.15) is 23.6 Å². The highest BCUT2D eigenvalue weighted by atomic mass is 16.1. The second-order valence-electron chi connectivity index (χ2n) is 5.93. The number of nitrogens with zero attached hydrogens (tertiary/aromatic N) is 2. The van der Waals surface area contributed by atoms with Crippen LogP contribution in [0.5, 0.6) is 0 Å². The third-order valence-corrected chi connectivity index (χ3v) is 4.02. The predicted molar refractivity (Wildman–Crippen MR) is 71.8 cm³/mol. The number of aromatic nitrogens is 1. The third kappa shape index (κ3) is 2.10. The first-order valence-electron chi connectivity index (χ1n) is 6.72. The number of rotatable bonds is 2. The monoisotopic (exact) mass is 247 g/mol. The second kappa shape index (κ2) is 4.52. The first kappa shape index (κ1) is 11.9. The molecule has 1 N–H and O–H groups in total. The zero-order chi connectivity index (χ0) is 12.7. The summed E-state index contributed by atoms with van der Waals surface area (Å²) in [6.07, 6.45) is 1.23. The van der Waals surface area contributed by atoms with E-state index >= 15 is 0 Å². The van der Waals surface area contributed by atoms with Crippen LogP contribution in [0.15, 0.2) is 16.9 Å². The number of hydrogen-bond acceptors (Lipinski definition) is 3. The van der Waals surface area contributed by atoms with Gasteiger partial charge in [0.15, 0.2) is 0 Å². The molecule has 0 unspecified atom stereocenters. The maximum atomic E-state index is 12.2. The normalized spacial score (nSPS) is 26.2. The summed E-state index contributed by atoms with van der Waals surface area (Å²) in [5.74, 6) is 1.15. The van der Waals surface area contributed by atoms with Gasteiger partial charge in [-0.3, -0.25) is 4.79 Å². The van der Waals surface area contributed by atoms with Gasteiger partial charge >= 0.3 is 0 Å². The lowest BCUT2D eigenvalue weighted by atomic mass is 9.84. The Hall–Kier alpha value is -1.13. The Kier molecular flexibility index (Phi) is 2.99. The Bertz CT molecular complexity index is 506. The molecule has 0 spiro atoms. The van der Waals surface area contributed by atoms with Gasteiger partial charge in [0.1, 0.15) is 0 Å². The molecule has 0 saturated carbocycles. The van der Waals surface area contributed by atoms with Crippen LogP contribution in [-0.2, 0) is 13.1 Å². The summed E-state index contributed by atoms with van der Waals surface area (Å²) in [4.78, 5) is 14.3. The topological polar surface area (TPSA) is 37.3 Å². The molecule has 4 heteroatoms. The molecular formula is C14H21N3O. The minimum atomic E-state index is 0.181. The van der Waals surface area contributed by atoms with Crippen molar-refractivity contribution in [1.82, 2.24) is 14.8 Å². The fourth-order valence-electron chi connectivity index (χ4n) is 3.32. The SMILES string of the molecule is CN(C)Cc1cc2n(c(=O)c1)C[C@@H]1CNC[C@H]2C1. The van der Waals surface area contributed by atoms with Gasteiger partial charge in [-0.25, -0.2) is 0 Å². The highest BCUT2D eigenvalue weighted by molar-refractivity contribution is 5.23. The van der Waals surface area contributed by atoms with Gasteiger partial charge in [0, 0.05) is 37.3 Å². The molecule has 1 saturated heterocycles. The van der Waals surface area contributed by atoms with Gasteiger partial charge in [-0.1, -0.05) is 0 Å². The van der Waals surface area contributed by atoms with E-state index in [-0.39, 0.29) is 5.56 Å². The van der Waals surface area contributed by atoms with Gasteiger partial charge in [-0.15, -0.1) is 0 Å². The van der Waals surface area contributed by atoms with Crippen molar-refractivity contribution in [3.05, 3.63) is 33.7 Å². The minimum Gasteiger partial charge on any atom is -0.316 e. The fourth-order valence-corrected chi connectivity index (χ4v) is 3.32. The summed E-state index contributed by atoms with van der Waals surface area (Å²) >= 11 is 0. The lowest BCUT2D eigenvalue weighted by molar-refractivity contribution is 0.256. The van der Waals surface area contributed by atoms with E-state index in [0.29, 0.717) is 11.8 Å². The van der Waals surface area contributed by atoms with Crippen molar-refractivity contribution in [2.24, 2.45) is 5.92 Å². The maximum Gasteiger partial charge on any atom is 0.251 e. The molecule has 98 valence electrons. The lowest BCUT2D eigenvalue weighted by Crippen LogP contribution is -2.45. The van der Waals surface area contributed by atoms with Gasteiger partial charge < -0.3 is 14.8 Å². The maximum absolute atomic E-state index is 12.2. The highest BCUT2D eigenvalue weighted by Crippen LogP contribution is 2.32. The van der Waals surface area contributed by atoms with Gasteiger partial charge in [0.05, 0.1) is 0 Å². The number of fused-ring (bicyclic) bond motifs is 4. The van der Waals surface area contributed by atoms with E-state index in [1.54, 1.807) is 6.07 Å². The molecule has 2 aliphatic heterocycles. The Morgan fingerprint density at radius 2 is 2.22 bits per heavy atom. The zero-order valence-electron chi connectivity index (χ0n) is 11.1. The van der Waals surface area contributed by atoms with Crippen LogP contribution in [0.3, 0.4) is 0 Å². The van der Waals surface area contributed by atoms with Crippen LogP contribution in [0.25, 0.3) is 0 Å². The van der Waals surface area contributed by atoms with E-state index < -0.39 is 0 Å². The van der Waals surface area contributed by atoms with Crippen molar-refractivity contribution >= 4 is 0 Å². The van der Waals surface area contributed by atoms with Crippen LogP contribution in [0, 0.1) is 5.92 Å². The van der Waals surface area contributed by atoms with Crippen LogP contribution in [0.4, 0.5) is 0 Å². The van der Waals surface area contributed by atoms with Crippen molar-refractivity contribution in [3.63, 3.8) is 0 Å². The number of pyridine rings is 1. The minimum absolute atomic E-state index is 0.181. The molecule has 3 heterocycles. The molecule has 0 aliphatic carbocycles. The Morgan fingerprint density at radius 3 is 3.00 bits per heavy atom. The molecule has 3 rings (SSSR count). The summed E-state index contributed by atoms with van der Waals surface area (Å²) in [5, 5.41) is 3.48. The molecule has 2 atom stereocenters. The number of hydrogen-bond donors (Lipinski definition) is 1. The number of nitrogens with one attached hydrogen (secondary N) is 1. The predicted octanol–water partition coefficient (Wildman–Crippen LogP) is 0.617. The molecule has 1 aromatic rings. The first-order chi connectivity index (χ1) is 8.63. The first-order valence-corrected chi connectivity index (χ1v) is 6.72. The van der Waals surface area contributed by atoms with E-state index in [4.69, 9.17) is 0 Å². The van der Waals surface area contributed by atoms with E-state index in [1.165, 1.54) is 12.1 Å². The van der Waals surface area contributed by atoms with E-state index in [0.717, 1.165) is 31.7 Å².